The molecule has 2 aliphatic rings. The minimum atomic E-state index is -0.512. The van der Waals surface area contributed by atoms with E-state index in [1.807, 2.05) is 6.92 Å². The number of thiophene rings is 1. The molecule has 1 aliphatic carbocycles. The molecule has 0 N–H and O–H groups in total. The van der Waals surface area contributed by atoms with Gasteiger partial charge in [-0.15, -0.1) is 16.4 Å². The number of hydrogen-bond acceptors (Lipinski definition) is 6. The van der Waals surface area contributed by atoms with Crippen LogP contribution in [0.4, 0.5) is 0 Å². The fourth-order valence-corrected chi connectivity index (χ4v) is 5.91. The van der Waals surface area contributed by atoms with Crippen LogP contribution in [0.3, 0.4) is 0 Å². The molecule has 1 unspecified atom stereocenters. The van der Waals surface area contributed by atoms with Gasteiger partial charge in [0.1, 0.15) is 17.2 Å². The normalized spacial score (nSPS) is 17.0. The third-order valence-corrected chi connectivity index (χ3v) is 7.33. The smallest absolute Gasteiger partial charge is 0.262 e. The van der Waals surface area contributed by atoms with Gasteiger partial charge in [-0.3, -0.25) is 14.5 Å². The fourth-order valence-electron chi connectivity index (χ4n) is 4.68. The molecule has 1 aromatic carbocycles. The first-order valence-electron chi connectivity index (χ1n) is 10.3. The second kappa shape index (κ2) is 6.43. The summed E-state index contributed by atoms with van der Waals surface area (Å²) in [6.45, 7) is 1.94. The molecule has 1 atom stereocenters. The SMILES string of the molecule is CCC(c1nc2c3c4c(sc3ncn2n1)CCCC4)N1C(=O)c2ccccc2C1=O. The predicted molar refractivity (Wildman–Crippen MR) is 113 cm³/mol. The van der Waals surface area contributed by atoms with E-state index in [9.17, 15) is 9.59 Å². The lowest BCUT2D eigenvalue weighted by Crippen LogP contribution is -2.34. The fraction of sp³-hybridized carbons (Fsp3) is 0.318. The third-order valence-electron chi connectivity index (χ3n) is 6.13. The topological polar surface area (TPSA) is 80.5 Å². The molecule has 150 valence electrons. The van der Waals surface area contributed by atoms with Crippen molar-refractivity contribution in [2.75, 3.05) is 0 Å². The summed E-state index contributed by atoms with van der Waals surface area (Å²) in [6, 6.07) is 6.44. The van der Waals surface area contributed by atoms with Crippen LogP contribution in [-0.4, -0.2) is 36.3 Å². The van der Waals surface area contributed by atoms with E-state index in [1.165, 1.54) is 28.2 Å². The van der Waals surface area contributed by atoms with Crippen LogP contribution in [0.2, 0.25) is 0 Å². The van der Waals surface area contributed by atoms with Gasteiger partial charge < -0.3 is 0 Å². The van der Waals surface area contributed by atoms with E-state index >= 15 is 0 Å². The monoisotopic (exact) mass is 417 g/mol. The highest BCUT2D eigenvalue weighted by Crippen LogP contribution is 2.38. The maximum Gasteiger partial charge on any atom is 0.262 e. The van der Waals surface area contributed by atoms with E-state index in [-0.39, 0.29) is 11.8 Å². The van der Waals surface area contributed by atoms with Gasteiger partial charge in [0.25, 0.3) is 11.8 Å². The number of carbonyl (C=O) groups excluding carboxylic acids is 2. The Hall–Kier alpha value is -3.13. The highest BCUT2D eigenvalue weighted by atomic mass is 32.1. The maximum atomic E-state index is 13.0. The number of aromatic nitrogens is 4. The highest BCUT2D eigenvalue weighted by Gasteiger charge is 2.41. The molecular formula is C22H19N5O2S. The molecule has 0 saturated carbocycles. The van der Waals surface area contributed by atoms with Crippen LogP contribution < -0.4 is 0 Å². The lowest BCUT2D eigenvalue weighted by atomic mass is 9.97. The van der Waals surface area contributed by atoms with Crippen molar-refractivity contribution in [3.63, 3.8) is 0 Å². The molecule has 1 aliphatic heterocycles. The summed E-state index contributed by atoms with van der Waals surface area (Å²) in [5.41, 5.74) is 3.00. The summed E-state index contributed by atoms with van der Waals surface area (Å²) >= 11 is 1.74. The van der Waals surface area contributed by atoms with Crippen molar-refractivity contribution >= 4 is 39.0 Å². The summed E-state index contributed by atoms with van der Waals surface area (Å²) in [4.78, 5) is 39.1. The zero-order chi connectivity index (χ0) is 20.4. The van der Waals surface area contributed by atoms with Crippen LogP contribution in [0.1, 0.15) is 69.2 Å². The molecule has 0 spiro atoms. The minimum absolute atomic E-state index is 0.280. The molecule has 2 amide bonds. The summed E-state index contributed by atoms with van der Waals surface area (Å²) in [6.07, 6.45) is 6.75. The van der Waals surface area contributed by atoms with Crippen LogP contribution in [0.15, 0.2) is 30.6 Å². The van der Waals surface area contributed by atoms with Crippen LogP contribution in [0.5, 0.6) is 0 Å². The first-order valence-corrected chi connectivity index (χ1v) is 11.1. The standard InChI is InChI=1S/C22H19N5O2S/c1-2-15(27-21(28)12-7-3-4-8-13(12)22(27)29)18-24-19-17-14-9-5-6-10-16(14)30-20(17)23-11-26(19)25-18/h3-4,7-8,11,15H,2,5-6,9-10H2,1H3. The second-order valence-electron chi connectivity index (χ2n) is 7.82. The Balaban J connectivity index is 1.49. The lowest BCUT2D eigenvalue weighted by Gasteiger charge is -2.22. The Morgan fingerprint density at radius 1 is 1.10 bits per heavy atom. The first kappa shape index (κ1) is 17.7. The molecule has 0 bridgehead atoms. The molecule has 0 saturated heterocycles. The van der Waals surface area contributed by atoms with Gasteiger partial charge in [0.2, 0.25) is 0 Å². The molecule has 0 radical (unpaired) electrons. The van der Waals surface area contributed by atoms with Crippen LogP contribution in [-0.2, 0) is 12.8 Å². The van der Waals surface area contributed by atoms with Gasteiger partial charge in [-0.25, -0.2) is 14.5 Å². The van der Waals surface area contributed by atoms with Gasteiger partial charge in [-0.05, 0) is 49.8 Å². The van der Waals surface area contributed by atoms with Gasteiger partial charge in [0, 0.05) is 4.88 Å². The van der Waals surface area contributed by atoms with Gasteiger partial charge in [-0.1, -0.05) is 19.1 Å². The molecule has 4 heterocycles. The van der Waals surface area contributed by atoms with Crippen LogP contribution >= 0.6 is 11.3 Å². The van der Waals surface area contributed by atoms with E-state index in [4.69, 9.17) is 4.98 Å². The van der Waals surface area contributed by atoms with Crippen molar-refractivity contribution in [2.45, 2.75) is 45.1 Å². The summed E-state index contributed by atoms with van der Waals surface area (Å²) in [5.74, 6) is -0.0768. The highest BCUT2D eigenvalue weighted by molar-refractivity contribution is 7.19. The number of fused-ring (bicyclic) bond motifs is 6. The number of imide groups is 1. The quantitative estimate of drug-likeness (QED) is 0.471. The second-order valence-corrected chi connectivity index (χ2v) is 8.91. The van der Waals surface area contributed by atoms with Crippen molar-refractivity contribution in [2.24, 2.45) is 0 Å². The maximum absolute atomic E-state index is 13.0. The average molecular weight is 417 g/mol. The number of nitrogens with zero attached hydrogens (tertiary/aromatic N) is 5. The zero-order valence-electron chi connectivity index (χ0n) is 16.5. The molecule has 7 nitrogen and oxygen atoms in total. The molecule has 4 aromatic rings. The van der Waals surface area contributed by atoms with E-state index in [1.54, 1.807) is 46.4 Å². The van der Waals surface area contributed by atoms with Gasteiger partial charge in [0.05, 0.1) is 16.5 Å². The summed E-state index contributed by atoms with van der Waals surface area (Å²) in [7, 11) is 0. The number of rotatable bonds is 3. The molecular weight excluding hydrogens is 398 g/mol. The number of carbonyl (C=O) groups is 2. The molecule has 8 heteroatoms. The van der Waals surface area contributed by atoms with Crippen molar-refractivity contribution < 1.29 is 9.59 Å². The van der Waals surface area contributed by atoms with E-state index in [0.717, 1.165) is 28.7 Å². The van der Waals surface area contributed by atoms with Crippen molar-refractivity contribution in [3.05, 3.63) is 58.0 Å². The Kier molecular flexibility index (Phi) is 3.80. The van der Waals surface area contributed by atoms with E-state index in [2.05, 4.69) is 10.1 Å². The van der Waals surface area contributed by atoms with E-state index in [0.29, 0.717) is 23.4 Å². The van der Waals surface area contributed by atoms with Gasteiger partial charge in [0.15, 0.2) is 11.5 Å². The van der Waals surface area contributed by atoms with Crippen LogP contribution in [0, 0.1) is 0 Å². The van der Waals surface area contributed by atoms with Gasteiger partial charge >= 0.3 is 0 Å². The van der Waals surface area contributed by atoms with Crippen molar-refractivity contribution in [3.8, 4) is 0 Å². The Morgan fingerprint density at radius 3 is 2.57 bits per heavy atom. The zero-order valence-corrected chi connectivity index (χ0v) is 17.3. The average Bonchev–Trinajstić information content (AvgIpc) is 3.43. The summed E-state index contributed by atoms with van der Waals surface area (Å²) < 4.78 is 1.69. The number of amides is 2. The largest absolute Gasteiger partial charge is 0.269 e. The predicted octanol–water partition coefficient (Wildman–Crippen LogP) is 3.97. The van der Waals surface area contributed by atoms with Gasteiger partial charge in [-0.2, -0.15) is 0 Å². The lowest BCUT2D eigenvalue weighted by molar-refractivity contribution is 0.0570. The van der Waals surface area contributed by atoms with Crippen molar-refractivity contribution in [1.82, 2.24) is 24.5 Å². The molecule has 3 aromatic heterocycles. The van der Waals surface area contributed by atoms with Crippen molar-refractivity contribution in [1.29, 1.82) is 0 Å². The first-order chi connectivity index (χ1) is 14.7. The number of benzene rings is 1. The number of aryl methyl sites for hydroxylation is 2. The number of hydrogen-bond donors (Lipinski definition) is 0. The Labute approximate surface area is 176 Å². The Morgan fingerprint density at radius 2 is 1.83 bits per heavy atom. The molecule has 6 rings (SSSR count). The third kappa shape index (κ3) is 2.34. The summed E-state index contributed by atoms with van der Waals surface area (Å²) in [5, 5.41) is 5.72. The molecule has 0 fully saturated rings. The Bertz CT molecular complexity index is 1320. The van der Waals surface area contributed by atoms with E-state index < -0.39 is 6.04 Å². The minimum Gasteiger partial charge on any atom is -0.269 e. The van der Waals surface area contributed by atoms with Crippen LogP contribution in [0.25, 0.3) is 15.9 Å². The molecule has 30 heavy (non-hydrogen) atoms.